The summed E-state index contributed by atoms with van der Waals surface area (Å²) >= 11 is 5.85. The fourth-order valence-corrected chi connectivity index (χ4v) is 3.67. The molecule has 0 saturated heterocycles. The minimum atomic E-state index is -3.78. The van der Waals surface area contributed by atoms with Gasteiger partial charge in [0.1, 0.15) is 0 Å². The smallest absolute Gasteiger partial charge is 0.263 e. The van der Waals surface area contributed by atoms with E-state index < -0.39 is 10.0 Å². The van der Waals surface area contributed by atoms with E-state index in [0.717, 1.165) is 17.7 Å². The van der Waals surface area contributed by atoms with Crippen molar-refractivity contribution in [2.75, 3.05) is 10.0 Å². The number of aryl methyl sites for hydroxylation is 1. The highest BCUT2D eigenvalue weighted by molar-refractivity contribution is 7.92. The number of nitrogens with zero attached hydrogens (tertiary/aromatic N) is 2. The van der Waals surface area contributed by atoms with Crippen LogP contribution in [0.2, 0.25) is 5.02 Å². The van der Waals surface area contributed by atoms with Crippen LogP contribution in [0.3, 0.4) is 0 Å². The zero-order valence-electron chi connectivity index (χ0n) is 14.0. The lowest BCUT2D eigenvalue weighted by Crippen LogP contribution is -2.14. The van der Waals surface area contributed by atoms with Crippen LogP contribution in [0, 0.1) is 0 Å². The molecule has 8 heteroatoms. The molecular weight excluding hydrogens is 372 g/mol. The average molecular weight is 389 g/mol. The van der Waals surface area contributed by atoms with Gasteiger partial charge in [0.25, 0.3) is 10.0 Å². The van der Waals surface area contributed by atoms with Crippen LogP contribution in [0.1, 0.15) is 12.5 Å². The fraction of sp³-hybridized carbons (Fsp3) is 0.111. The third kappa shape index (κ3) is 4.30. The van der Waals surface area contributed by atoms with Crippen LogP contribution in [-0.2, 0) is 16.4 Å². The van der Waals surface area contributed by atoms with Crippen LogP contribution in [0.25, 0.3) is 0 Å². The fourth-order valence-electron chi connectivity index (χ4n) is 2.37. The van der Waals surface area contributed by atoms with Gasteiger partial charge in [0.15, 0.2) is 11.6 Å². The summed E-state index contributed by atoms with van der Waals surface area (Å²) < 4.78 is 27.1. The Morgan fingerprint density at radius 2 is 1.69 bits per heavy atom. The maximum atomic E-state index is 12.4. The molecule has 3 rings (SSSR count). The predicted molar refractivity (Wildman–Crippen MR) is 103 cm³/mol. The molecule has 6 nitrogen and oxygen atoms in total. The molecule has 0 radical (unpaired) electrons. The van der Waals surface area contributed by atoms with Gasteiger partial charge in [-0.25, -0.2) is 8.42 Å². The van der Waals surface area contributed by atoms with Crippen molar-refractivity contribution in [2.24, 2.45) is 0 Å². The second kappa shape index (κ2) is 7.72. The summed E-state index contributed by atoms with van der Waals surface area (Å²) in [5, 5.41) is 11.5. The van der Waals surface area contributed by atoms with Crippen LogP contribution in [0.5, 0.6) is 0 Å². The van der Waals surface area contributed by atoms with Crippen molar-refractivity contribution < 1.29 is 8.42 Å². The van der Waals surface area contributed by atoms with Crippen molar-refractivity contribution in [3.8, 4) is 0 Å². The molecule has 0 amide bonds. The molecule has 0 atom stereocenters. The number of halogens is 1. The lowest BCUT2D eigenvalue weighted by atomic mass is 10.1. The Morgan fingerprint density at radius 1 is 0.962 bits per heavy atom. The van der Waals surface area contributed by atoms with Gasteiger partial charge < -0.3 is 5.32 Å². The van der Waals surface area contributed by atoms with Gasteiger partial charge in [-0.2, -0.15) is 0 Å². The second-order valence-corrected chi connectivity index (χ2v) is 7.62. The Balaban J connectivity index is 1.75. The summed E-state index contributed by atoms with van der Waals surface area (Å²) in [5.41, 5.74) is 2.09. The number of hydrogen-bond acceptors (Lipinski definition) is 5. The maximum Gasteiger partial charge on any atom is 0.263 e. The third-order valence-electron chi connectivity index (χ3n) is 3.67. The third-order valence-corrected chi connectivity index (χ3v) is 5.26. The number of hydrogen-bond donors (Lipinski definition) is 2. The molecule has 0 fully saturated rings. The number of nitrogens with one attached hydrogen (secondary N) is 2. The van der Waals surface area contributed by atoms with Crippen molar-refractivity contribution in [3.05, 3.63) is 71.2 Å². The minimum Gasteiger partial charge on any atom is -0.339 e. The highest BCUT2D eigenvalue weighted by atomic mass is 35.5. The molecule has 1 aromatic heterocycles. The number of sulfonamides is 1. The highest BCUT2D eigenvalue weighted by Crippen LogP contribution is 2.21. The summed E-state index contributed by atoms with van der Waals surface area (Å²) in [6, 6.07) is 17.1. The largest absolute Gasteiger partial charge is 0.339 e. The highest BCUT2D eigenvalue weighted by Gasteiger charge is 2.15. The Kier molecular flexibility index (Phi) is 5.39. The number of rotatable bonds is 6. The zero-order valence-corrected chi connectivity index (χ0v) is 15.6. The van der Waals surface area contributed by atoms with E-state index >= 15 is 0 Å². The molecule has 2 N–H and O–H groups in total. The molecule has 0 unspecified atom stereocenters. The summed E-state index contributed by atoms with van der Waals surface area (Å²) in [6.07, 6.45) is 0.883. The standard InChI is InChI=1S/C18H17ClN4O2S/c1-2-13-6-3-4-9-16(13)20-17-10-11-18(22-21-17)23-26(24,25)15-8-5-7-14(19)12-15/h3-12H,2H2,1H3,(H,20,21)(H,22,23). The molecule has 0 saturated carbocycles. The monoisotopic (exact) mass is 388 g/mol. The average Bonchev–Trinajstić information content (AvgIpc) is 2.63. The Bertz CT molecular complexity index is 1010. The number of anilines is 3. The molecule has 3 aromatic rings. The molecular formula is C18H17ClN4O2S. The zero-order chi connectivity index (χ0) is 18.6. The molecule has 0 aliphatic heterocycles. The molecule has 0 aliphatic rings. The lowest BCUT2D eigenvalue weighted by molar-refractivity contribution is 0.601. The van der Waals surface area contributed by atoms with Gasteiger partial charge in [-0.1, -0.05) is 42.8 Å². The maximum absolute atomic E-state index is 12.4. The predicted octanol–water partition coefficient (Wildman–Crippen LogP) is 4.24. The van der Waals surface area contributed by atoms with Crippen molar-refractivity contribution in [1.82, 2.24) is 10.2 Å². The van der Waals surface area contributed by atoms with Crippen molar-refractivity contribution in [3.63, 3.8) is 0 Å². The summed E-state index contributed by atoms with van der Waals surface area (Å²) in [7, 11) is -3.78. The molecule has 134 valence electrons. The Morgan fingerprint density at radius 3 is 2.38 bits per heavy atom. The first kappa shape index (κ1) is 18.2. The van der Waals surface area contributed by atoms with E-state index in [1.165, 1.54) is 12.1 Å². The normalized spacial score (nSPS) is 11.2. The van der Waals surface area contributed by atoms with Gasteiger partial charge in [-0.05, 0) is 48.4 Å². The molecule has 2 aromatic carbocycles. The van der Waals surface area contributed by atoms with Crippen molar-refractivity contribution in [2.45, 2.75) is 18.2 Å². The van der Waals surface area contributed by atoms with Gasteiger partial charge in [0, 0.05) is 10.7 Å². The van der Waals surface area contributed by atoms with Gasteiger partial charge in [0.2, 0.25) is 0 Å². The Hall–Kier alpha value is -2.64. The summed E-state index contributed by atoms with van der Waals surface area (Å²) in [5.74, 6) is 0.649. The van der Waals surface area contributed by atoms with E-state index in [0.29, 0.717) is 10.8 Å². The quantitative estimate of drug-likeness (QED) is 0.659. The summed E-state index contributed by atoms with van der Waals surface area (Å²) in [4.78, 5) is 0.0610. The molecule has 0 aliphatic carbocycles. The van der Waals surface area contributed by atoms with Crippen molar-refractivity contribution >= 4 is 38.9 Å². The second-order valence-electron chi connectivity index (χ2n) is 5.50. The van der Waals surface area contributed by atoms with E-state index in [9.17, 15) is 8.42 Å². The lowest BCUT2D eigenvalue weighted by Gasteiger charge is -2.10. The molecule has 1 heterocycles. The van der Waals surface area contributed by atoms with Crippen molar-refractivity contribution in [1.29, 1.82) is 0 Å². The molecule has 0 spiro atoms. The van der Waals surface area contributed by atoms with E-state index in [2.05, 4.69) is 27.2 Å². The van der Waals surface area contributed by atoms with Crippen LogP contribution in [0.4, 0.5) is 17.3 Å². The Labute approximate surface area is 157 Å². The van der Waals surface area contributed by atoms with Crippen LogP contribution >= 0.6 is 11.6 Å². The first-order chi connectivity index (χ1) is 12.5. The van der Waals surface area contributed by atoms with E-state index in [1.54, 1.807) is 24.3 Å². The summed E-state index contributed by atoms with van der Waals surface area (Å²) in [6.45, 7) is 2.07. The topological polar surface area (TPSA) is 84.0 Å². The van der Waals surface area contributed by atoms with Crippen LogP contribution in [0.15, 0.2) is 65.6 Å². The van der Waals surface area contributed by atoms with Gasteiger partial charge in [0.05, 0.1) is 4.90 Å². The van der Waals surface area contributed by atoms with Gasteiger partial charge in [-0.15, -0.1) is 10.2 Å². The SMILES string of the molecule is CCc1ccccc1Nc1ccc(NS(=O)(=O)c2cccc(Cl)c2)nn1. The first-order valence-electron chi connectivity index (χ1n) is 7.95. The molecule has 26 heavy (non-hydrogen) atoms. The van der Waals surface area contributed by atoms with E-state index in [-0.39, 0.29) is 10.7 Å². The van der Waals surface area contributed by atoms with Crippen LogP contribution < -0.4 is 10.0 Å². The van der Waals surface area contributed by atoms with E-state index in [4.69, 9.17) is 11.6 Å². The first-order valence-corrected chi connectivity index (χ1v) is 9.81. The van der Waals surface area contributed by atoms with Gasteiger partial charge in [-0.3, -0.25) is 4.72 Å². The minimum absolute atomic E-state index is 0.0610. The van der Waals surface area contributed by atoms with E-state index in [1.807, 2.05) is 24.3 Å². The number of benzene rings is 2. The van der Waals surface area contributed by atoms with Gasteiger partial charge >= 0.3 is 0 Å². The molecule has 0 bridgehead atoms. The van der Waals surface area contributed by atoms with Crippen LogP contribution in [-0.4, -0.2) is 18.6 Å². The number of aromatic nitrogens is 2. The number of para-hydroxylation sites is 1.